The summed E-state index contributed by atoms with van der Waals surface area (Å²) in [5.41, 5.74) is 4.75. The number of nitrogens with zero attached hydrogens (tertiary/aromatic N) is 3. The molecule has 0 unspecified atom stereocenters. The third kappa shape index (κ3) is 2.87. The molecule has 0 saturated carbocycles. The molecule has 3 aromatic heterocycles. The van der Waals surface area contributed by atoms with E-state index in [0.29, 0.717) is 0 Å². The number of rotatable bonds is 3. The fourth-order valence-corrected chi connectivity index (χ4v) is 3.27. The zero-order valence-electron chi connectivity index (χ0n) is 12.7. The highest BCUT2D eigenvalue weighted by molar-refractivity contribution is 6.31. The van der Waals surface area contributed by atoms with Gasteiger partial charge in [-0.15, -0.1) is 0 Å². The van der Waals surface area contributed by atoms with E-state index in [1.165, 1.54) is 16.5 Å². The number of hydrogen-bond acceptors (Lipinski definition) is 3. The molecule has 0 amide bonds. The minimum atomic E-state index is 0.741. The molecule has 0 atom stereocenters. The van der Waals surface area contributed by atoms with Crippen LogP contribution in [0.1, 0.15) is 17.5 Å². The number of aromatic nitrogens is 3. The van der Waals surface area contributed by atoms with Crippen molar-refractivity contribution in [1.29, 1.82) is 0 Å². The summed E-state index contributed by atoms with van der Waals surface area (Å²) in [5.74, 6) is 0. The van der Waals surface area contributed by atoms with Gasteiger partial charge in [-0.2, -0.15) is 0 Å². The maximum atomic E-state index is 6.20. The Kier molecular flexibility index (Phi) is 3.85. The van der Waals surface area contributed by atoms with Crippen molar-refractivity contribution in [3.8, 4) is 0 Å². The topological polar surface area (TPSA) is 44.8 Å². The highest BCUT2D eigenvalue weighted by Crippen LogP contribution is 2.29. The van der Waals surface area contributed by atoms with Gasteiger partial charge in [0, 0.05) is 55.4 Å². The van der Waals surface area contributed by atoms with Crippen LogP contribution in [0.3, 0.4) is 0 Å². The van der Waals surface area contributed by atoms with Gasteiger partial charge in [-0.1, -0.05) is 17.7 Å². The van der Waals surface area contributed by atoms with E-state index < -0.39 is 0 Å². The van der Waals surface area contributed by atoms with Gasteiger partial charge in [-0.3, -0.25) is 9.88 Å². The minimum absolute atomic E-state index is 0.741. The van der Waals surface area contributed by atoms with Gasteiger partial charge in [0.25, 0.3) is 0 Å². The van der Waals surface area contributed by atoms with Gasteiger partial charge < -0.3 is 4.98 Å². The number of pyridine rings is 2. The van der Waals surface area contributed by atoms with Gasteiger partial charge in [0.1, 0.15) is 5.65 Å². The van der Waals surface area contributed by atoms with Crippen molar-refractivity contribution in [3.63, 3.8) is 0 Å². The monoisotopic (exact) mass is 324 g/mol. The van der Waals surface area contributed by atoms with Crippen LogP contribution in [0, 0.1) is 0 Å². The first-order chi connectivity index (χ1) is 11.3. The molecule has 0 bridgehead atoms. The Balaban J connectivity index is 1.52. The molecule has 4 nitrogen and oxygen atoms in total. The van der Waals surface area contributed by atoms with Crippen LogP contribution in [0.15, 0.2) is 49.1 Å². The first-order valence-electron chi connectivity index (χ1n) is 7.73. The summed E-state index contributed by atoms with van der Waals surface area (Å²) >= 11 is 6.20. The average molecular weight is 325 g/mol. The Hall–Kier alpha value is -2.17. The number of halogens is 1. The van der Waals surface area contributed by atoms with Crippen LogP contribution in [-0.2, 0) is 6.54 Å². The van der Waals surface area contributed by atoms with E-state index in [1.54, 1.807) is 12.4 Å². The van der Waals surface area contributed by atoms with Crippen molar-refractivity contribution in [3.05, 3.63) is 65.2 Å². The summed E-state index contributed by atoms with van der Waals surface area (Å²) in [4.78, 5) is 14.1. The first kappa shape index (κ1) is 14.4. The lowest BCUT2D eigenvalue weighted by Crippen LogP contribution is -2.28. The standard InChI is InChI=1S/C18H17ClN4/c19-17-11-20-7-3-14(17)12-23-8-4-13(5-9-23)16-10-22-18-15(16)2-1-6-21-18/h1-4,6-7,10-11H,5,8-9,12H2,(H,21,22). The molecule has 1 N–H and O–H groups in total. The number of hydrogen-bond donors (Lipinski definition) is 1. The molecule has 1 aliphatic heterocycles. The van der Waals surface area contributed by atoms with E-state index in [4.69, 9.17) is 11.6 Å². The molecule has 4 rings (SSSR count). The third-order valence-electron chi connectivity index (χ3n) is 4.34. The number of nitrogens with one attached hydrogen (secondary N) is 1. The predicted octanol–water partition coefficient (Wildman–Crippen LogP) is 3.90. The molecule has 1 aliphatic rings. The molecule has 0 aromatic carbocycles. The quantitative estimate of drug-likeness (QED) is 0.794. The van der Waals surface area contributed by atoms with E-state index >= 15 is 0 Å². The summed E-state index contributed by atoms with van der Waals surface area (Å²) in [6.45, 7) is 2.82. The van der Waals surface area contributed by atoms with Crippen LogP contribution in [0.5, 0.6) is 0 Å². The van der Waals surface area contributed by atoms with E-state index in [-0.39, 0.29) is 0 Å². The molecule has 5 heteroatoms. The highest BCUT2D eigenvalue weighted by atomic mass is 35.5. The predicted molar refractivity (Wildman–Crippen MR) is 93.2 cm³/mol. The largest absolute Gasteiger partial charge is 0.346 e. The van der Waals surface area contributed by atoms with Crippen molar-refractivity contribution in [2.24, 2.45) is 0 Å². The number of aromatic amines is 1. The van der Waals surface area contributed by atoms with Gasteiger partial charge in [0.05, 0.1) is 5.02 Å². The lowest BCUT2D eigenvalue weighted by molar-refractivity contribution is 0.294. The Labute approximate surface area is 139 Å². The minimum Gasteiger partial charge on any atom is -0.346 e. The van der Waals surface area contributed by atoms with E-state index in [9.17, 15) is 0 Å². The summed E-state index contributed by atoms with van der Waals surface area (Å²) < 4.78 is 0. The van der Waals surface area contributed by atoms with Gasteiger partial charge in [0.15, 0.2) is 0 Å². The fraction of sp³-hybridized carbons (Fsp3) is 0.222. The SMILES string of the molecule is Clc1cnccc1CN1CC=C(c2c[nH]c3ncccc23)CC1. The zero-order valence-corrected chi connectivity index (χ0v) is 13.4. The van der Waals surface area contributed by atoms with Gasteiger partial charge in [-0.25, -0.2) is 4.98 Å². The lowest BCUT2D eigenvalue weighted by atomic mass is 9.99. The van der Waals surface area contributed by atoms with Gasteiger partial charge in [-0.05, 0) is 35.8 Å². The molecule has 0 fully saturated rings. The van der Waals surface area contributed by atoms with Crippen molar-refractivity contribution in [2.45, 2.75) is 13.0 Å². The maximum absolute atomic E-state index is 6.20. The normalized spacial score (nSPS) is 15.8. The van der Waals surface area contributed by atoms with Crippen LogP contribution in [0.2, 0.25) is 5.02 Å². The molecule has 116 valence electrons. The van der Waals surface area contributed by atoms with Crippen molar-refractivity contribution < 1.29 is 0 Å². The summed E-state index contributed by atoms with van der Waals surface area (Å²) in [6.07, 6.45) is 10.7. The summed E-state index contributed by atoms with van der Waals surface area (Å²) in [5, 5.41) is 1.94. The number of H-pyrrole nitrogens is 1. The molecule has 4 heterocycles. The van der Waals surface area contributed by atoms with Gasteiger partial charge in [0.2, 0.25) is 0 Å². The molecule has 0 aliphatic carbocycles. The van der Waals surface area contributed by atoms with Crippen LogP contribution in [0.4, 0.5) is 0 Å². The maximum Gasteiger partial charge on any atom is 0.137 e. The summed E-state index contributed by atoms with van der Waals surface area (Å²) in [7, 11) is 0. The second-order valence-electron chi connectivity index (χ2n) is 5.78. The van der Waals surface area contributed by atoms with Crippen molar-refractivity contribution >= 4 is 28.2 Å². The van der Waals surface area contributed by atoms with Crippen LogP contribution >= 0.6 is 11.6 Å². The fourth-order valence-electron chi connectivity index (χ4n) is 3.09. The Morgan fingerprint density at radius 1 is 1.26 bits per heavy atom. The lowest BCUT2D eigenvalue weighted by Gasteiger charge is -2.26. The average Bonchev–Trinajstić information content (AvgIpc) is 3.02. The number of fused-ring (bicyclic) bond motifs is 1. The third-order valence-corrected chi connectivity index (χ3v) is 4.68. The second kappa shape index (κ2) is 6.14. The van der Waals surface area contributed by atoms with Crippen LogP contribution in [0.25, 0.3) is 16.6 Å². The molecular weight excluding hydrogens is 308 g/mol. The molecule has 3 aromatic rings. The van der Waals surface area contributed by atoms with Gasteiger partial charge >= 0.3 is 0 Å². The Morgan fingerprint density at radius 2 is 2.22 bits per heavy atom. The molecule has 0 spiro atoms. The van der Waals surface area contributed by atoms with E-state index in [2.05, 4.69) is 38.2 Å². The molecule has 23 heavy (non-hydrogen) atoms. The second-order valence-corrected chi connectivity index (χ2v) is 6.19. The summed E-state index contributed by atoms with van der Waals surface area (Å²) in [6, 6.07) is 6.10. The Morgan fingerprint density at radius 3 is 3.04 bits per heavy atom. The van der Waals surface area contributed by atoms with E-state index in [0.717, 1.165) is 42.3 Å². The van der Waals surface area contributed by atoms with Crippen LogP contribution < -0.4 is 0 Å². The zero-order chi connectivity index (χ0) is 15.6. The molecule has 0 saturated heterocycles. The Bertz CT molecular complexity index is 868. The molecular formula is C18H17ClN4. The molecule has 0 radical (unpaired) electrons. The van der Waals surface area contributed by atoms with Crippen molar-refractivity contribution in [1.82, 2.24) is 19.9 Å². The van der Waals surface area contributed by atoms with E-state index in [1.807, 2.05) is 18.3 Å². The first-order valence-corrected chi connectivity index (χ1v) is 8.11. The van der Waals surface area contributed by atoms with Crippen LogP contribution in [-0.4, -0.2) is 32.9 Å². The smallest absolute Gasteiger partial charge is 0.137 e. The van der Waals surface area contributed by atoms with Crippen molar-refractivity contribution in [2.75, 3.05) is 13.1 Å². The highest BCUT2D eigenvalue weighted by Gasteiger charge is 2.16.